The van der Waals surface area contributed by atoms with Gasteiger partial charge in [-0.3, -0.25) is 9.59 Å². The lowest BCUT2D eigenvalue weighted by Gasteiger charge is -2.19. The number of benzene rings is 3. The van der Waals surface area contributed by atoms with Crippen molar-refractivity contribution >= 4 is 11.7 Å². The molecular formula is C27H29NO2. The number of rotatable bonds is 8. The van der Waals surface area contributed by atoms with E-state index in [4.69, 9.17) is 0 Å². The molecule has 2 unspecified atom stereocenters. The molecule has 3 heteroatoms. The summed E-state index contributed by atoms with van der Waals surface area (Å²) in [5.74, 6) is -1.24. The molecule has 0 aliphatic rings. The molecule has 0 bridgehead atoms. The van der Waals surface area contributed by atoms with E-state index in [2.05, 4.69) is 36.5 Å². The molecule has 154 valence electrons. The van der Waals surface area contributed by atoms with E-state index < -0.39 is 5.92 Å². The normalized spacial score (nSPS) is 12.8. The second-order valence-corrected chi connectivity index (χ2v) is 7.75. The van der Waals surface area contributed by atoms with Crippen LogP contribution in [-0.4, -0.2) is 11.7 Å². The zero-order valence-electron chi connectivity index (χ0n) is 17.9. The Morgan fingerprint density at radius 1 is 0.800 bits per heavy atom. The van der Waals surface area contributed by atoms with Crippen LogP contribution in [0.15, 0.2) is 78.9 Å². The summed E-state index contributed by atoms with van der Waals surface area (Å²) >= 11 is 0. The van der Waals surface area contributed by atoms with E-state index in [-0.39, 0.29) is 17.7 Å². The van der Waals surface area contributed by atoms with Crippen molar-refractivity contribution in [3.8, 4) is 11.1 Å². The van der Waals surface area contributed by atoms with Gasteiger partial charge in [0.05, 0.1) is 6.04 Å². The number of carbonyl (C=O) groups excluding carboxylic acids is 2. The van der Waals surface area contributed by atoms with Crippen LogP contribution in [0.25, 0.3) is 11.1 Å². The third-order valence-corrected chi connectivity index (χ3v) is 5.40. The van der Waals surface area contributed by atoms with E-state index in [1.807, 2.05) is 61.5 Å². The van der Waals surface area contributed by atoms with Crippen molar-refractivity contribution < 1.29 is 9.59 Å². The van der Waals surface area contributed by atoms with Crippen LogP contribution < -0.4 is 5.32 Å². The van der Waals surface area contributed by atoms with E-state index in [1.165, 1.54) is 12.5 Å². The van der Waals surface area contributed by atoms with Gasteiger partial charge in [-0.15, -0.1) is 0 Å². The predicted octanol–water partition coefficient (Wildman–Crippen LogP) is 5.86. The molecule has 1 amide bonds. The molecule has 0 fully saturated rings. The lowest BCUT2D eigenvalue weighted by atomic mass is 9.92. The van der Waals surface area contributed by atoms with Crippen LogP contribution in [-0.2, 0) is 16.0 Å². The lowest BCUT2D eigenvalue weighted by molar-refractivity contribution is -0.129. The maximum Gasteiger partial charge on any atom is 0.235 e. The number of ketones is 1. The number of amides is 1. The Hall–Kier alpha value is -3.20. The summed E-state index contributed by atoms with van der Waals surface area (Å²) in [6.07, 6.45) is 2.21. The molecule has 3 aromatic rings. The Bertz CT molecular complexity index is 976. The summed E-state index contributed by atoms with van der Waals surface area (Å²) in [7, 11) is 0. The first-order valence-electron chi connectivity index (χ1n) is 10.5. The molecule has 0 aromatic heterocycles. The first-order chi connectivity index (χ1) is 14.5. The number of carbonyl (C=O) groups is 2. The van der Waals surface area contributed by atoms with Crippen molar-refractivity contribution in [2.24, 2.45) is 0 Å². The predicted molar refractivity (Wildman–Crippen MR) is 122 cm³/mol. The number of hydrogen-bond donors (Lipinski definition) is 1. The Labute approximate surface area is 179 Å². The van der Waals surface area contributed by atoms with Crippen LogP contribution in [0, 0.1) is 0 Å². The van der Waals surface area contributed by atoms with Crippen LogP contribution >= 0.6 is 0 Å². The fraction of sp³-hybridized carbons (Fsp3) is 0.259. The molecule has 0 spiro atoms. The maximum absolute atomic E-state index is 12.9. The minimum atomic E-state index is -0.808. The first kappa shape index (κ1) is 21.5. The number of Topliss-reactive ketones (excluding diaryl/α,β-unsaturated/α-hetero) is 1. The van der Waals surface area contributed by atoms with Gasteiger partial charge in [0.15, 0.2) is 0 Å². The molecule has 0 saturated carbocycles. The van der Waals surface area contributed by atoms with Gasteiger partial charge in [0.1, 0.15) is 11.7 Å². The highest BCUT2D eigenvalue weighted by Crippen LogP contribution is 2.25. The molecule has 0 aliphatic heterocycles. The molecule has 3 nitrogen and oxygen atoms in total. The summed E-state index contributed by atoms with van der Waals surface area (Å²) in [6.45, 7) is 5.57. The van der Waals surface area contributed by atoms with Crippen LogP contribution in [0.4, 0.5) is 0 Å². The van der Waals surface area contributed by atoms with Gasteiger partial charge in [0.2, 0.25) is 5.91 Å². The lowest BCUT2D eigenvalue weighted by Crippen LogP contribution is -2.34. The average Bonchev–Trinajstić information content (AvgIpc) is 2.75. The van der Waals surface area contributed by atoms with Crippen molar-refractivity contribution in [2.45, 2.75) is 45.6 Å². The van der Waals surface area contributed by atoms with E-state index in [1.54, 1.807) is 0 Å². The summed E-state index contributed by atoms with van der Waals surface area (Å²) in [6, 6.07) is 25.9. The van der Waals surface area contributed by atoms with Gasteiger partial charge in [0, 0.05) is 0 Å². The number of aryl methyl sites for hydroxylation is 1. The first-order valence-corrected chi connectivity index (χ1v) is 10.5. The molecule has 1 N–H and O–H groups in total. The molecule has 0 aliphatic carbocycles. The standard InChI is InChI=1S/C27H29NO2/c1-4-8-21-11-13-23(14-12-21)24-15-17-25(18-16-24)26(20(3)29)27(30)28-19(2)22-9-6-5-7-10-22/h5-7,9-19,26H,4,8H2,1-3H3,(H,28,30). The van der Waals surface area contributed by atoms with E-state index in [0.717, 1.165) is 29.5 Å². The van der Waals surface area contributed by atoms with Gasteiger partial charge in [0.25, 0.3) is 0 Å². The van der Waals surface area contributed by atoms with E-state index in [9.17, 15) is 9.59 Å². The zero-order chi connectivity index (χ0) is 21.5. The van der Waals surface area contributed by atoms with Crippen molar-refractivity contribution in [1.29, 1.82) is 0 Å². The van der Waals surface area contributed by atoms with Gasteiger partial charge in [-0.2, -0.15) is 0 Å². The van der Waals surface area contributed by atoms with Gasteiger partial charge in [-0.1, -0.05) is 92.2 Å². The van der Waals surface area contributed by atoms with E-state index >= 15 is 0 Å². The third-order valence-electron chi connectivity index (χ3n) is 5.40. The Morgan fingerprint density at radius 3 is 1.90 bits per heavy atom. The Morgan fingerprint density at radius 2 is 1.37 bits per heavy atom. The van der Waals surface area contributed by atoms with Crippen LogP contribution in [0.3, 0.4) is 0 Å². The maximum atomic E-state index is 12.9. The van der Waals surface area contributed by atoms with Crippen molar-refractivity contribution in [1.82, 2.24) is 5.32 Å². The fourth-order valence-electron chi connectivity index (χ4n) is 3.71. The Balaban J connectivity index is 1.76. The molecule has 0 heterocycles. The highest BCUT2D eigenvalue weighted by atomic mass is 16.2. The van der Waals surface area contributed by atoms with Crippen LogP contribution in [0.1, 0.15) is 55.8 Å². The second-order valence-electron chi connectivity index (χ2n) is 7.75. The smallest absolute Gasteiger partial charge is 0.235 e. The minimum absolute atomic E-state index is 0.163. The van der Waals surface area contributed by atoms with Crippen molar-refractivity contribution in [3.05, 3.63) is 95.6 Å². The summed E-state index contributed by atoms with van der Waals surface area (Å²) in [5.41, 5.74) is 5.26. The molecule has 0 saturated heterocycles. The molecule has 2 atom stereocenters. The fourth-order valence-corrected chi connectivity index (χ4v) is 3.71. The SMILES string of the molecule is CCCc1ccc(-c2ccc(C(C(C)=O)C(=O)NC(C)c3ccccc3)cc2)cc1. The summed E-state index contributed by atoms with van der Waals surface area (Å²) < 4.78 is 0. The molecular weight excluding hydrogens is 370 g/mol. The quantitative estimate of drug-likeness (QED) is 0.483. The van der Waals surface area contributed by atoms with Crippen LogP contribution in [0.5, 0.6) is 0 Å². The average molecular weight is 400 g/mol. The largest absolute Gasteiger partial charge is 0.349 e. The molecule has 0 radical (unpaired) electrons. The highest BCUT2D eigenvalue weighted by Gasteiger charge is 2.26. The monoisotopic (exact) mass is 399 g/mol. The van der Waals surface area contributed by atoms with Gasteiger partial charge >= 0.3 is 0 Å². The molecule has 3 aromatic carbocycles. The van der Waals surface area contributed by atoms with Crippen molar-refractivity contribution in [3.63, 3.8) is 0 Å². The molecule has 3 rings (SSSR count). The second kappa shape index (κ2) is 10.0. The van der Waals surface area contributed by atoms with Crippen LogP contribution in [0.2, 0.25) is 0 Å². The number of nitrogens with one attached hydrogen (secondary N) is 1. The molecule has 30 heavy (non-hydrogen) atoms. The van der Waals surface area contributed by atoms with Crippen molar-refractivity contribution in [2.75, 3.05) is 0 Å². The van der Waals surface area contributed by atoms with Gasteiger partial charge in [-0.25, -0.2) is 0 Å². The summed E-state index contributed by atoms with van der Waals surface area (Å²) in [4.78, 5) is 25.2. The summed E-state index contributed by atoms with van der Waals surface area (Å²) in [5, 5.41) is 2.98. The minimum Gasteiger partial charge on any atom is -0.349 e. The van der Waals surface area contributed by atoms with Gasteiger partial charge in [-0.05, 0) is 48.1 Å². The number of hydrogen-bond acceptors (Lipinski definition) is 2. The van der Waals surface area contributed by atoms with Gasteiger partial charge < -0.3 is 5.32 Å². The third kappa shape index (κ3) is 5.24. The van der Waals surface area contributed by atoms with E-state index in [0.29, 0.717) is 5.56 Å². The zero-order valence-corrected chi connectivity index (χ0v) is 17.9. The highest BCUT2D eigenvalue weighted by molar-refractivity contribution is 6.05. The Kier molecular flexibility index (Phi) is 7.18. The topological polar surface area (TPSA) is 46.2 Å².